The zero-order valence-corrected chi connectivity index (χ0v) is 10.2. The van der Waals surface area contributed by atoms with E-state index in [4.69, 9.17) is 5.73 Å². The second-order valence-corrected chi connectivity index (χ2v) is 4.73. The van der Waals surface area contributed by atoms with E-state index < -0.39 is 5.82 Å². The van der Waals surface area contributed by atoms with Gasteiger partial charge in [0.05, 0.1) is 18.9 Å². The van der Waals surface area contributed by atoms with Crippen molar-refractivity contribution < 1.29 is 4.39 Å². The fourth-order valence-electron chi connectivity index (χ4n) is 1.54. The van der Waals surface area contributed by atoms with Crippen molar-refractivity contribution in [3.05, 3.63) is 18.2 Å². The van der Waals surface area contributed by atoms with Gasteiger partial charge in [-0.1, -0.05) is 11.8 Å². The van der Waals surface area contributed by atoms with Crippen molar-refractivity contribution in [3.63, 3.8) is 0 Å². The summed E-state index contributed by atoms with van der Waals surface area (Å²) in [5.74, 6) is 1.05. The number of nitrogens with two attached hydrogens (primary N) is 1. The summed E-state index contributed by atoms with van der Waals surface area (Å²) in [6.45, 7) is 2.15. The standard InChI is InChI=1S/C10H14FN5S/c11-8-6-14-10(15-7-8)16-3-1-5-17-9(12)13-2-4-16/h6-7H,1-5H2,(H2,12,13). The van der Waals surface area contributed by atoms with Crippen LogP contribution in [0, 0.1) is 5.82 Å². The smallest absolute Gasteiger partial charge is 0.225 e. The van der Waals surface area contributed by atoms with Crippen molar-refractivity contribution in [2.24, 2.45) is 10.7 Å². The number of hydrogen-bond acceptors (Lipinski definition) is 6. The van der Waals surface area contributed by atoms with E-state index in [1.165, 1.54) is 12.4 Å². The molecule has 5 nitrogen and oxygen atoms in total. The molecule has 0 unspecified atom stereocenters. The number of thioether (sulfide) groups is 1. The highest BCUT2D eigenvalue weighted by atomic mass is 32.2. The van der Waals surface area contributed by atoms with Gasteiger partial charge in [0.15, 0.2) is 11.0 Å². The average Bonchev–Trinajstić information content (AvgIpc) is 2.43. The minimum absolute atomic E-state index is 0.421. The molecule has 1 aliphatic heterocycles. The van der Waals surface area contributed by atoms with Gasteiger partial charge in [0.25, 0.3) is 0 Å². The molecule has 7 heteroatoms. The van der Waals surface area contributed by atoms with Crippen LogP contribution in [0.3, 0.4) is 0 Å². The van der Waals surface area contributed by atoms with Gasteiger partial charge >= 0.3 is 0 Å². The summed E-state index contributed by atoms with van der Waals surface area (Å²) in [6.07, 6.45) is 3.34. The third-order valence-corrected chi connectivity index (χ3v) is 3.27. The second-order valence-electron chi connectivity index (χ2n) is 3.61. The van der Waals surface area contributed by atoms with Crippen LogP contribution < -0.4 is 10.6 Å². The zero-order valence-electron chi connectivity index (χ0n) is 9.34. The molecule has 0 spiro atoms. The van der Waals surface area contributed by atoms with Gasteiger partial charge in [-0.15, -0.1) is 0 Å². The monoisotopic (exact) mass is 255 g/mol. The molecule has 0 atom stereocenters. The van der Waals surface area contributed by atoms with Crippen LogP contribution in [0.15, 0.2) is 17.4 Å². The summed E-state index contributed by atoms with van der Waals surface area (Å²) in [7, 11) is 0. The lowest BCUT2D eigenvalue weighted by atomic mass is 10.4. The van der Waals surface area contributed by atoms with Crippen LogP contribution in [0.2, 0.25) is 0 Å². The Morgan fingerprint density at radius 3 is 2.82 bits per heavy atom. The minimum atomic E-state index is -0.421. The van der Waals surface area contributed by atoms with Crippen LogP contribution in [-0.4, -0.2) is 40.5 Å². The van der Waals surface area contributed by atoms with Gasteiger partial charge in [-0.05, 0) is 6.42 Å². The van der Waals surface area contributed by atoms with Gasteiger partial charge in [0.1, 0.15) is 0 Å². The molecule has 92 valence electrons. The quantitative estimate of drug-likeness (QED) is 0.806. The Kier molecular flexibility index (Phi) is 4.13. The summed E-state index contributed by atoms with van der Waals surface area (Å²) in [5, 5.41) is 0.631. The van der Waals surface area contributed by atoms with Gasteiger partial charge < -0.3 is 10.6 Å². The van der Waals surface area contributed by atoms with Crippen LogP contribution in [0.1, 0.15) is 6.42 Å². The fraction of sp³-hybridized carbons (Fsp3) is 0.500. The number of aliphatic imine (C=N–C) groups is 1. The molecule has 0 aromatic carbocycles. The van der Waals surface area contributed by atoms with Crippen molar-refractivity contribution in [1.82, 2.24) is 9.97 Å². The van der Waals surface area contributed by atoms with Crippen molar-refractivity contribution >= 4 is 22.9 Å². The Morgan fingerprint density at radius 2 is 2.06 bits per heavy atom. The highest BCUT2D eigenvalue weighted by Gasteiger charge is 2.11. The van der Waals surface area contributed by atoms with Gasteiger partial charge in [0, 0.05) is 18.8 Å². The van der Waals surface area contributed by atoms with E-state index in [0.29, 0.717) is 24.2 Å². The topological polar surface area (TPSA) is 67.4 Å². The first-order chi connectivity index (χ1) is 8.25. The maximum Gasteiger partial charge on any atom is 0.225 e. The molecule has 17 heavy (non-hydrogen) atoms. The van der Waals surface area contributed by atoms with Crippen molar-refractivity contribution in [1.29, 1.82) is 0 Å². The number of nitrogens with zero attached hydrogens (tertiary/aromatic N) is 4. The van der Waals surface area contributed by atoms with E-state index in [2.05, 4.69) is 15.0 Å². The van der Waals surface area contributed by atoms with Gasteiger partial charge in [0.2, 0.25) is 5.95 Å². The molecule has 0 saturated carbocycles. The molecule has 0 aliphatic carbocycles. The predicted molar refractivity (Wildman–Crippen MR) is 67.8 cm³/mol. The molecule has 1 aromatic heterocycles. The van der Waals surface area contributed by atoms with Crippen LogP contribution in [0.25, 0.3) is 0 Å². The largest absolute Gasteiger partial charge is 0.379 e. The lowest BCUT2D eigenvalue weighted by Crippen LogP contribution is -2.29. The number of hydrogen-bond donors (Lipinski definition) is 1. The first-order valence-corrected chi connectivity index (χ1v) is 6.39. The summed E-state index contributed by atoms with van der Waals surface area (Å²) >= 11 is 1.57. The Bertz CT molecular complexity index is 394. The molecule has 2 rings (SSSR count). The van der Waals surface area contributed by atoms with E-state index in [9.17, 15) is 4.39 Å². The molecule has 2 heterocycles. The third kappa shape index (κ3) is 3.55. The van der Waals surface area contributed by atoms with E-state index in [-0.39, 0.29) is 0 Å². The number of amidine groups is 1. The summed E-state index contributed by atoms with van der Waals surface area (Å²) in [4.78, 5) is 14.2. The molecular weight excluding hydrogens is 241 g/mol. The molecule has 0 bridgehead atoms. The number of anilines is 1. The van der Waals surface area contributed by atoms with E-state index in [1.807, 2.05) is 4.90 Å². The van der Waals surface area contributed by atoms with Crippen LogP contribution in [-0.2, 0) is 0 Å². The van der Waals surface area contributed by atoms with Crippen LogP contribution in [0.5, 0.6) is 0 Å². The first-order valence-electron chi connectivity index (χ1n) is 5.41. The summed E-state index contributed by atoms with van der Waals surface area (Å²) in [5.41, 5.74) is 5.69. The van der Waals surface area contributed by atoms with Gasteiger partial charge in [-0.25, -0.2) is 14.4 Å². The SMILES string of the molecule is NC1=NCCN(c2ncc(F)cn2)CCCS1. The summed E-state index contributed by atoms with van der Waals surface area (Å²) in [6, 6.07) is 0. The van der Waals surface area contributed by atoms with E-state index >= 15 is 0 Å². The Balaban J connectivity index is 2.06. The van der Waals surface area contributed by atoms with E-state index in [1.54, 1.807) is 11.8 Å². The Labute approximate surface area is 103 Å². The van der Waals surface area contributed by atoms with E-state index in [0.717, 1.165) is 18.7 Å². The Morgan fingerprint density at radius 1 is 1.29 bits per heavy atom. The number of rotatable bonds is 1. The molecular formula is C10H14FN5S. The molecule has 0 amide bonds. The molecule has 1 aromatic rings. The van der Waals surface area contributed by atoms with Gasteiger partial charge in [-0.2, -0.15) is 0 Å². The molecule has 1 aliphatic rings. The third-order valence-electron chi connectivity index (χ3n) is 2.35. The highest BCUT2D eigenvalue weighted by molar-refractivity contribution is 8.13. The van der Waals surface area contributed by atoms with Crippen LogP contribution >= 0.6 is 11.8 Å². The average molecular weight is 255 g/mol. The maximum atomic E-state index is 12.7. The number of aromatic nitrogens is 2. The fourth-order valence-corrected chi connectivity index (χ4v) is 2.20. The van der Waals surface area contributed by atoms with Gasteiger partial charge in [-0.3, -0.25) is 4.99 Å². The summed E-state index contributed by atoms with van der Waals surface area (Å²) < 4.78 is 12.7. The molecule has 0 radical (unpaired) electrons. The van der Waals surface area contributed by atoms with Crippen molar-refractivity contribution in [2.45, 2.75) is 6.42 Å². The first kappa shape index (κ1) is 12.1. The van der Waals surface area contributed by atoms with Crippen molar-refractivity contribution in [2.75, 3.05) is 30.3 Å². The predicted octanol–water partition coefficient (Wildman–Crippen LogP) is 0.874. The normalized spacial score (nSPS) is 17.9. The van der Waals surface area contributed by atoms with Crippen molar-refractivity contribution in [3.8, 4) is 0 Å². The maximum absolute atomic E-state index is 12.7. The lowest BCUT2D eigenvalue weighted by Gasteiger charge is -2.20. The van der Waals surface area contributed by atoms with Crippen LogP contribution in [0.4, 0.5) is 10.3 Å². The minimum Gasteiger partial charge on any atom is -0.379 e. The highest BCUT2D eigenvalue weighted by Crippen LogP contribution is 2.11. The lowest BCUT2D eigenvalue weighted by molar-refractivity contribution is 0.610. The number of halogens is 1. The Hall–Kier alpha value is -1.37. The molecule has 0 fully saturated rings. The second kappa shape index (κ2) is 5.81. The molecule has 2 N–H and O–H groups in total. The molecule has 0 saturated heterocycles. The zero-order chi connectivity index (χ0) is 12.1.